The first-order valence-electron chi connectivity index (χ1n) is 11.1. The van der Waals surface area contributed by atoms with Gasteiger partial charge in [-0.25, -0.2) is 0 Å². The Morgan fingerprint density at radius 3 is 2.67 bits per heavy atom. The molecule has 8 heteroatoms. The molecule has 5 nitrogen and oxygen atoms in total. The van der Waals surface area contributed by atoms with Gasteiger partial charge in [-0.15, -0.1) is 22.7 Å². The van der Waals surface area contributed by atoms with E-state index in [-0.39, 0.29) is 30.4 Å². The van der Waals surface area contributed by atoms with Crippen molar-refractivity contribution >= 4 is 46.1 Å². The number of carbonyl (C=O) groups is 2. The van der Waals surface area contributed by atoms with E-state index in [0.717, 1.165) is 18.4 Å². The first kappa shape index (κ1) is 23.8. The Morgan fingerprint density at radius 1 is 1.18 bits per heavy atom. The lowest BCUT2D eigenvalue weighted by atomic mass is 10.00. The largest absolute Gasteiger partial charge is 0.491 e. The number of thiophene rings is 2. The summed E-state index contributed by atoms with van der Waals surface area (Å²) in [7, 11) is 0. The van der Waals surface area contributed by atoms with E-state index in [2.05, 4.69) is 11.4 Å². The van der Waals surface area contributed by atoms with E-state index in [1.165, 1.54) is 16.2 Å². The summed E-state index contributed by atoms with van der Waals surface area (Å²) in [6, 6.07) is 12.8. The fraction of sp³-hybridized carbons (Fsp3) is 0.360. The average Bonchev–Trinajstić information content (AvgIpc) is 3.53. The number of benzene rings is 1. The molecule has 1 aromatic carbocycles. The van der Waals surface area contributed by atoms with Crippen LogP contribution in [0.25, 0.3) is 0 Å². The van der Waals surface area contributed by atoms with E-state index in [1.54, 1.807) is 28.4 Å². The van der Waals surface area contributed by atoms with Crippen molar-refractivity contribution in [3.8, 4) is 5.75 Å². The number of fused-ring (bicyclic) bond motifs is 1. The second-order valence-corrected chi connectivity index (χ2v) is 10.5. The minimum atomic E-state index is -0.196. The predicted molar refractivity (Wildman–Crippen MR) is 135 cm³/mol. The number of hydrogen-bond acceptors (Lipinski definition) is 5. The van der Waals surface area contributed by atoms with Gasteiger partial charge in [-0.3, -0.25) is 9.59 Å². The zero-order chi connectivity index (χ0) is 23.4. The van der Waals surface area contributed by atoms with Gasteiger partial charge in [-0.1, -0.05) is 24.6 Å². The van der Waals surface area contributed by atoms with Crippen molar-refractivity contribution in [2.24, 2.45) is 0 Å². The van der Waals surface area contributed by atoms with Crippen LogP contribution in [0.4, 0.5) is 0 Å². The summed E-state index contributed by atoms with van der Waals surface area (Å²) in [5.41, 5.74) is 1.13. The maximum Gasteiger partial charge on any atom is 0.264 e. The second kappa shape index (κ2) is 10.7. The third kappa shape index (κ3) is 5.42. The molecule has 1 aliphatic rings. The molecule has 0 bridgehead atoms. The van der Waals surface area contributed by atoms with Crippen LogP contribution < -0.4 is 4.74 Å². The summed E-state index contributed by atoms with van der Waals surface area (Å²) in [5, 5.41) is 4.61. The minimum Gasteiger partial charge on any atom is -0.491 e. The van der Waals surface area contributed by atoms with Crippen molar-refractivity contribution < 1.29 is 14.3 Å². The topological polar surface area (TPSA) is 49.9 Å². The minimum absolute atomic E-state index is 0.0335. The summed E-state index contributed by atoms with van der Waals surface area (Å²) in [4.78, 5) is 32.2. The molecule has 0 saturated carbocycles. The van der Waals surface area contributed by atoms with Crippen LogP contribution in [0.15, 0.2) is 53.2 Å². The monoisotopic (exact) mass is 502 g/mol. The third-order valence-corrected chi connectivity index (χ3v) is 8.16. The van der Waals surface area contributed by atoms with Gasteiger partial charge in [0.15, 0.2) is 0 Å². The molecule has 2 aromatic heterocycles. The van der Waals surface area contributed by atoms with Crippen molar-refractivity contribution in [2.75, 3.05) is 19.7 Å². The molecule has 0 unspecified atom stereocenters. The van der Waals surface area contributed by atoms with Crippen LogP contribution in [0.5, 0.6) is 5.75 Å². The van der Waals surface area contributed by atoms with Gasteiger partial charge in [0.2, 0.25) is 5.91 Å². The Bertz CT molecular complexity index is 1080. The van der Waals surface area contributed by atoms with E-state index in [4.69, 9.17) is 16.3 Å². The number of amides is 2. The Hall–Kier alpha value is -2.35. The zero-order valence-electron chi connectivity index (χ0n) is 18.7. The summed E-state index contributed by atoms with van der Waals surface area (Å²) < 4.78 is 6.06. The molecular formula is C25H27ClN2O3S2. The first-order valence-corrected chi connectivity index (χ1v) is 13.2. The fourth-order valence-electron chi connectivity index (χ4n) is 4.01. The molecule has 0 N–H and O–H groups in total. The van der Waals surface area contributed by atoms with Crippen molar-refractivity contribution in [1.82, 2.24) is 9.80 Å². The van der Waals surface area contributed by atoms with Crippen LogP contribution in [0, 0.1) is 0 Å². The lowest BCUT2D eigenvalue weighted by Gasteiger charge is -2.38. The third-order valence-electron chi connectivity index (χ3n) is 6.06. The first-order chi connectivity index (χ1) is 16.0. The Morgan fingerprint density at radius 2 is 1.97 bits per heavy atom. The molecular weight excluding hydrogens is 476 g/mol. The SMILES string of the molecule is CC[C@@H](C)N(CC(=O)N1CCc2sccc2[C@H]1COc1ccc(Cl)cc1)C(=O)c1cccs1. The highest BCUT2D eigenvalue weighted by molar-refractivity contribution is 7.12. The maximum absolute atomic E-state index is 13.6. The van der Waals surface area contributed by atoms with Crippen LogP contribution in [0.3, 0.4) is 0 Å². The quantitative estimate of drug-likeness (QED) is 0.385. The standard InChI is InChI=1S/C25H27ClN2O3S2/c1-3-17(2)28(25(30)23-5-4-13-32-23)15-24(29)27-12-10-22-20(11-14-33-22)21(27)16-31-19-8-6-18(26)7-9-19/h4-9,11,13-14,17,21H,3,10,12,15-16H2,1-2H3/t17-,21-/m1/s1. The van der Waals surface area contributed by atoms with E-state index < -0.39 is 0 Å². The van der Waals surface area contributed by atoms with Gasteiger partial charge in [-0.05, 0) is 72.5 Å². The smallest absolute Gasteiger partial charge is 0.264 e. The summed E-state index contributed by atoms with van der Waals surface area (Å²) in [5.74, 6) is 0.569. The van der Waals surface area contributed by atoms with Crippen molar-refractivity contribution in [3.63, 3.8) is 0 Å². The number of ether oxygens (including phenoxy) is 1. The molecule has 3 heterocycles. The fourth-order valence-corrected chi connectivity index (χ4v) is 5.74. The van der Waals surface area contributed by atoms with Gasteiger partial charge >= 0.3 is 0 Å². The normalized spacial score (nSPS) is 16.2. The summed E-state index contributed by atoms with van der Waals surface area (Å²) in [6.07, 6.45) is 1.60. The van der Waals surface area contributed by atoms with Crippen LogP contribution in [0.2, 0.25) is 5.02 Å². The Balaban J connectivity index is 1.53. The molecule has 33 heavy (non-hydrogen) atoms. The molecule has 2 atom stereocenters. The van der Waals surface area contributed by atoms with Gasteiger partial charge in [0.1, 0.15) is 18.9 Å². The van der Waals surface area contributed by atoms with E-state index in [0.29, 0.717) is 28.8 Å². The van der Waals surface area contributed by atoms with Gasteiger partial charge in [-0.2, -0.15) is 0 Å². The summed E-state index contributed by atoms with van der Waals surface area (Å²) in [6.45, 7) is 5.04. The highest BCUT2D eigenvalue weighted by atomic mass is 35.5. The number of nitrogens with zero attached hydrogens (tertiary/aromatic N) is 2. The molecule has 0 spiro atoms. The number of rotatable bonds is 8. The van der Waals surface area contributed by atoms with Crippen LogP contribution in [-0.4, -0.2) is 47.4 Å². The maximum atomic E-state index is 13.6. The molecule has 0 radical (unpaired) electrons. The van der Waals surface area contributed by atoms with Crippen LogP contribution >= 0.6 is 34.3 Å². The molecule has 1 aliphatic heterocycles. The molecule has 0 aliphatic carbocycles. The molecule has 2 amide bonds. The number of halogens is 1. The molecule has 3 aromatic rings. The highest BCUT2D eigenvalue weighted by Gasteiger charge is 2.34. The van der Waals surface area contributed by atoms with Crippen LogP contribution in [-0.2, 0) is 11.2 Å². The number of hydrogen-bond donors (Lipinski definition) is 0. The lowest BCUT2D eigenvalue weighted by Crippen LogP contribution is -2.49. The van der Waals surface area contributed by atoms with Crippen molar-refractivity contribution in [1.29, 1.82) is 0 Å². The zero-order valence-corrected chi connectivity index (χ0v) is 21.1. The number of carbonyl (C=O) groups excluding carboxylic acids is 2. The molecule has 174 valence electrons. The highest BCUT2D eigenvalue weighted by Crippen LogP contribution is 2.34. The van der Waals surface area contributed by atoms with Gasteiger partial charge < -0.3 is 14.5 Å². The van der Waals surface area contributed by atoms with Gasteiger partial charge in [0, 0.05) is 22.5 Å². The molecule has 0 saturated heterocycles. The van der Waals surface area contributed by atoms with Gasteiger partial charge in [0.25, 0.3) is 5.91 Å². The van der Waals surface area contributed by atoms with Crippen molar-refractivity contribution in [2.45, 2.75) is 38.8 Å². The van der Waals surface area contributed by atoms with E-state index >= 15 is 0 Å². The lowest BCUT2D eigenvalue weighted by molar-refractivity contribution is -0.136. The molecule has 0 fully saturated rings. The molecule has 4 rings (SSSR count). The summed E-state index contributed by atoms with van der Waals surface area (Å²) >= 11 is 9.11. The predicted octanol–water partition coefficient (Wildman–Crippen LogP) is 5.91. The average molecular weight is 503 g/mol. The van der Waals surface area contributed by atoms with Crippen molar-refractivity contribution in [3.05, 3.63) is 73.6 Å². The van der Waals surface area contributed by atoms with Gasteiger partial charge in [0.05, 0.1) is 10.9 Å². The Labute approximate surface area is 207 Å². The van der Waals surface area contributed by atoms with Crippen LogP contribution in [0.1, 0.15) is 46.4 Å². The Kier molecular flexibility index (Phi) is 7.73. The second-order valence-electron chi connectivity index (χ2n) is 8.08. The van der Waals surface area contributed by atoms with E-state index in [9.17, 15) is 9.59 Å². The van der Waals surface area contributed by atoms with E-state index in [1.807, 2.05) is 48.4 Å².